The van der Waals surface area contributed by atoms with Crippen LogP contribution in [0.1, 0.15) is 29.2 Å². The summed E-state index contributed by atoms with van der Waals surface area (Å²) in [6.07, 6.45) is 3.88. The lowest BCUT2D eigenvalue weighted by molar-refractivity contribution is -0.131. The zero-order chi connectivity index (χ0) is 24.4. The van der Waals surface area contributed by atoms with Gasteiger partial charge in [0.25, 0.3) is 0 Å². The van der Waals surface area contributed by atoms with Gasteiger partial charge in [0.2, 0.25) is 5.91 Å². The number of carbonyl (C=O) groups excluding carboxylic acids is 1. The van der Waals surface area contributed by atoms with E-state index in [9.17, 15) is 9.18 Å². The van der Waals surface area contributed by atoms with Crippen LogP contribution in [0, 0.1) is 12.7 Å². The molecule has 1 fully saturated rings. The van der Waals surface area contributed by atoms with Gasteiger partial charge in [-0.1, -0.05) is 30.3 Å². The van der Waals surface area contributed by atoms with Gasteiger partial charge in [-0.15, -0.1) is 0 Å². The molecule has 3 heterocycles. The van der Waals surface area contributed by atoms with Crippen molar-refractivity contribution in [1.29, 1.82) is 0 Å². The average molecular weight is 473 g/mol. The molecule has 6 nitrogen and oxygen atoms in total. The minimum Gasteiger partial charge on any atom is -0.495 e. The number of aryl methyl sites for hydroxylation is 1. The Morgan fingerprint density at radius 2 is 1.80 bits per heavy atom. The topological polar surface area (TPSA) is 50.1 Å². The number of aromatic nitrogens is 2. The van der Waals surface area contributed by atoms with Crippen LogP contribution in [0.5, 0.6) is 5.75 Å². The number of hydrogen-bond donors (Lipinski definition) is 0. The molecule has 1 atom stereocenters. The zero-order valence-corrected chi connectivity index (χ0v) is 20.0. The highest BCUT2D eigenvalue weighted by molar-refractivity contribution is 5.78. The number of ether oxygens (including phenoxy) is 1. The molecule has 2 aromatic carbocycles. The Balaban J connectivity index is 1.37. The standard InChI is InChI=1S/C28H29FN4O2/c1-20-11-12-33-25(19-30-27(33)17-20)22(21-7-3-4-8-23(21)29)18-28(34)32-15-13-31(14-16-32)24-9-5-6-10-26(24)35-2/h3-12,17,19,22H,13-16,18H2,1-2H3. The van der Waals surface area contributed by atoms with Crippen LogP contribution in [-0.2, 0) is 4.79 Å². The lowest BCUT2D eigenvalue weighted by Crippen LogP contribution is -2.49. The molecule has 0 aliphatic carbocycles. The van der Waals surface area contributed by atoms with Gasteiger partial charge in [0, 0.05) is 50.9 Å². The first-order valence-corrected chi connectivity index (χ1v) is 11.9. The minimum atomic E-state index is -0.436. The molecule has 1 saturated heterocycles. The van der Waals surface area contributed by atoms with Crippen LogP contribution < -0.4 is 9.64 Å². The SMILES string of the molecule is COc1ccccc1N1CCN(C(=O)CC(c2ccccc2F)c2cnc3cc(C)ccn23)CC1. The Bertz CT molecular complexity index is 1340. The summed E-state index contributed by atoms with van der Waals surface area (Å²) < 4.78 is 22.4. The van der Waals surface area contributed by atoms with E-state index >= 15 is 0 Å². The van der Waals surface area contributed by atoms with Crippen LogP contribution in [0.2, 0.25) is 0 Å². The number of methoxy groups -OCH3 is 1. The van der Waals surface area contributed by atoms with Crippen LogP contribution in [-0.4, -0.2) is 53.5 Å². The van der Waals surface area contributed by atoms with Gasteiger partial charge in [0.15, 0.2) is 0 Å². The van der Waals surface area contributed by atoms with Crippen LogP contribution in [0.25, 0.3) is 5.65 Å². The van der Waals surface area contributed by atoms with Gasteiger partial charge in [-0.2, -0.15) is 0 Å². The van der Waals surface area contributed by atoms with E-state index in [-0.39, 0.29) is 18.1 Å². The Labute approximate surface area is 204 Å². The number of piperazine rings is 1. The summed E-state index contributed by atoms with van der Waals surface area (Å²) in [4.78, 5) is 22.1. The van der Waals surface area contributed by atoms with Crippen LogP contribution >= 0.6 is 0 Å². The quantitative estimate of drug-likeness (QED) is 0.410. The fourth-order valence-electron chi connectivity index (χ4n) is 4.88. The first-order chi connectivity index (χ1) is 17.0. The van der Waals surface area contributed by atoms with Gasteiger partial charge in [-0.25, -0.2) is 9.37 Å². The maximum Gasteiger partial charge on any atom is 0.223 e. The maximum absolute atomic E-state index is 14.9. The van der Waals surface area contributed by atoms with Gasteiger partial charge in [0.1, 0.15) is 17.2 Å². The molecule has 4 aromatic rings. The molecule has 2 aromatic heterocycles. The lowest BCUT2D eigenvalue weighted by atomic mass is 9.91. The van der Waals surface area contributed by atoms with Crippen molar-refractivity contribution in [3.05, 3.63) is 95.7 Å². The molecule has 35 heavy (non-hydrogen) atoms. The van der Waals surface area contributed by atoms with Crippen molar-refractivity contribution in [2.75, 3.05) is 38.2 Å². The lowest BCUT2D eigenvalue weighted by Gasteiger charge is -2.37. The molecular formula is C28H29FN4O2. The molecule has 0 bridgehead atoms. The summed E-state index contributed by atoms with van der Waals surface area (Å²) in [5.74, 6) is 0.0942. The van der Waals surface area contributed by atoms with Gasteiger partial charge >= 0.3 is 0 Å². The molecule has 0 saturated carbocycles. The maximum atomic E-state index is 14.9. The number of nitrogens with zero attached hydrogens (tertiary/aromatic N) is 4. The van der Waals surface area contributed by atoms with Gasteiger partial charge < -0.3 is 18.9 Å². The smallest absolute Gasteiger partial charge is 0.223 e. The van der Waals surface area contributed by atoms with Crippen molar-refractivity contribution in [3.63, 3.8) is 0 Å². The van der Waals surface area contributed by atoms with E-state index < -0.39 is 5.92 Å². The van der Waals surface area contributed by atoms with Gasteiger partial charge in [-0.3, -0.25) is 4.79 Å². The molecule has 180 valence electrons. The molecule has 0 spiro atoms. The Kier molecular flexibility index (Phi) is 6.40. The molecule has 1 amide bonds. The summed E-state index contributed by atoms with van der Waals surface area (Å²) >= 11 is 0. The number of rotatable bonds is 6. The van der Waals surface area contributed by atoms with E-state index in [0.717, 1.165) is 28.3 Å². The monoisotopic (exact) mass is 472 g/mol. The summed E-state index contributed by atoms with van der Waals surface area (Å²) in [6, 6.07) is 18.6. The van der Waals surface area contributed by atoms with Crippen LogP contribution in [0.4, 0.5) is 10.1 Å². The van der Waals surface area contributed by atoms with Gasteiger partial charge in [0.05, 0.1) is 18.5 Å². The van der Waals surface area contributed by atoms with E-state index in [1.165, 1.54) is 6.07 Å². The zero-order valence-electron chi connectivity index (χ0n) is 20.0. The highest BCUT2D eigenvalue weighted by Crippen LogP contribution is 2.32. The van der Waals surface area contributed by atoms with Crippen molar-refractivity contribution in [2.45, 2.75) is 19.3 Å². The van der Waals surface area contributed by atoms with Crippen molar-refractivity contribution in [2.24, 2.45) is 0 Å². The number of amides is 1. The molecule has 1 unspecified atom stereocenters. The summed E-state index contributed by atoms with van der Waals surface area (Å²) in [7, 11) is 1.67. The van der Waals surface area contributed by atoms with Crippen molar-refractivity contribution >= 4 is 17.2 Å². The minimum absolute atomic E-state index is 0.0139. The van der Waals surface area contributed by atoms with E-state index in [4.69, 9.17) is 4.74 Å². The molecular weight excluding hydrogens is 443 g/mol. The number of benzene rings is 2. The number of fused-ring (bicyclic) bond motifs is 1. The van der Waals surface area contributed by atoms with E-state index in [1.807, 2.05) is 64.9 Å². The van der Waals surface area contributed by atoms with Crippen molar-refractivity contribution in [1.82, 2.24) is 14.3 Å². The highest BCUT2D eigenvalue weighted by Gasteiger charge is 2.29. The number of carbonyl (C=O) groups is 1. The second-order valence-electron chi connectivity index (χ2n) is 8.93. The fraction of sp³-hybridized carbons (Fsp3) is 0.286. The molecule has 7 heteroatoms. The first-order valence-electron chi connectivity index (χ1n) is 11.9. The summed E-state index contributed by atoms with van der Waals surface area (Å²) in [5.41, 5.74) is 4.25. The van der Waals surface area contributed by atoms with Crippen molar-refractivity contribution < 1.29 is 13.9 Å². The third kappa shape index (κ3) is 4.58. The first kappa shape index (κ1) is 22.9. The number of hydrogen-bond acceptors (Lipinski definition) is 4. The molecule has 1 aliphatic heterocycles. The number of halogens is 1. The van der Waals surface area contributed by atoms with Crippen molar-refractivity contribution in [3.8, 4) is 5.75 Å². The Morgan fingerprint density at radius 3 is 2.57 bits per heavy atom. The second kappa shape index (κ2) is 9.78. The predicted octanol–water partition coefficient (Wildman–Crippen LogP) is 4.66. The molecule has 0 radical (unpaired) electrons. The second-order valence-corrected chi connectivity index (χ2v) is 8.93. The number of para-hydroxylation sites is 2. The average Bonchev–Trinajstić information content (AvgIpc) is 3.30. The number of imidazole rings is 1. The third-order valence-corrected chi connectivity index (χ3v) is 6.77. The largest absolute Gasteiger partial charge is 0.495 e. The molecule has 1 aliphatic rings. The number of anilines is 1. The highest BCUT2D eigenvalue weighted by atomic mass is 19.1. The third-order valence-electron chi connectivity index (χ3n) is 6.77. The molecule has 5 rings (SSSR count). The van der Waals surface area contributed by atoms with Crippen LogP contribution in [0.3, 0.4) is 0 Å². The summed E-state index contributed by atoms with van der Waals surface area (Å²) in [5, 5.41) is 0. The predicted molar refractivity (Wildman–Crippen MR) is 135 cm³/mol. The molecule has 0 N–H and O–H groups in total. The van der Waals surface area contributed by atoms with E-state index in [0.29, 0.717) is 31.7 Å². The Morgan fingerprint density at radius 1 is 1.06 bits per heavy atom. The summed E-state index contributed by atoms with van der Waals surface area (Å²) in [6.45, 7) is 4.65. The fourth-order valence-corrected chi connectivity index (χ4v) is 4.88. The normalized spacial score (nSPS) is 14.8. The van der Waals surface area contributed by atoms with Gasteiger partial charge in [-0.05, 0) is 48.4 Å². The van der Waals surface area contributed by atoms with E-state index in [1.54, 1.807) is 25.4 Å². The Hall–Kier alpha value is -3.87. The van der Waals surface area contributed by atoms with E-state index in [2.05, 4.69) is 9.88 Å². The van der Waals surface area contributed by atoms with Crippen LogP contribution in [0.15, 0.2) is 73.1 Å². The number of pyridine rings is 1.